The van der Waals surface area contributed by atoms with Gasteiger partial charge in [0, 0.05) is 25.7 Å². The lowest BCUT2D eigenvalue weighted by Crippen LogP contribution is -2.34. The first-order valence-corrected chi connectivity index (χ1v) is 7.90. The van der Waals surface area contributed by atoms with Gasteiger partial charge in [0.15, 0.2) is 0 Å². The Bertz CT molecular complexity index is 746. The summed E-state index contributed by atoms with van der Waals surface area (Å²) in [5, 5.41) is 17.0. The van der Waals surface area contributed by atoms with Gasteiger partial charge in [-0.25, -0.2) is 4.39 Å². The van der Waals surface area contributed by atoms with Crippen LogP contribution in [0.2, 0.25) is 0 Å². The van der Waals surface area contributed by atoms with Crippen LogP contribution in [0.4, 0.5) is 10.2 Å². The van der Waals surface area contributed by atoms with E-state index >= 15 is 0 Å². The summed E-state index contributed by atoms with van der Waals surface area (Å²) < 4.78 is 15.1. The number of aliphatic hydroxyl groups excluding tert-OH is 1. The first-order chi connectivity index (χ1) is 11.4. The number of rotatable bonds is 4. The molecule has 2 aromatic rings. The average Bonchev–Trinajstić information content (AvgIpc) is 3.01. The minimum absolute atomic E-state index is 0.127. The van der Waals surface area contributed by atoms with Gasteiger partial charge in [-0.1, -0.05) is 12.1 Å². The van der Waals surface area contributed by atoms with E-state index in [1.165, 1.54) is 12.1 Å². The number of nitrogens with one attached hydrogen (secondary N) is 1. The maximum Gasteiger partial charge on any atom is 0.239 e. The van der Waals surface area contributed by atoms with Crippen molar-refractivity contribution in [2.75, 3.05) is 18.4 Å². The summed E-state index contributed by atoms with van der Waals surface area (Å²) in [6, 6.07) is 7.93. The Morgan fingerprint density at radius 2 is 2.25 bits per heavy atom. The second-order valence-electron chi connectivity index (χ2n) is 6.23. The average molecular weight is 332 g/mol. The number of aryl methyl sites for hydroxylation is 2. The third kappa shape index (κ3) is 3.63. The van der Waals surface area contributed by atoms with Crippen molar-refractivity contribution in [3.05, 3.63) is 47.4 Å². The van der Waals surface area contributed by atoms with E-state index in [0.717, 1.165) is 11.3 Å². The Kier molecular flexibility index (Phi) is 4.64. The Hall–Kier alpha value is -2.25. The molecular formula is C17H21FN4O2. The molecule has 2 heterocycles. The van der Waals surface area contributed by atoms with Crippen LogP contribution in [0.1, 0.15) is 23.7 Å². The highest BCUT2D eigenvalue weighted by molar-refractivity contribution is 5.91. The summed E-state index contributed by atoms with van der Waals surface area (Å²) in [7, 11) is 1.76. The van der Waals surface area contributed by atoms with Crippen LogP contribution in [0, 0.1) is 12.7 Å². The molecule has 0 unspecified atom stereocenters. The number of nitrogens with zero attached hydrogens (tertiary/aromatic N) is 3. The SMILES string of the molecule is Cc1cc(NC(=O)CN2C[C@@H](O)C[C@@H]2c2cccc(F)c2)n(C)n1. The van der Waals surface area contributed by atoms with Gasteiger partial charge >= 0.3 is 0 Å². The van der Waals surface area contributed by atoms with E-state index in [1.807, 2.05) is 17.9 Å². The number of carbonyl (C=O) groups is 1. The molecule has 6 nitrogen and oxygen atoms in total. The normalized spacial score (nSPS) is 21.2. The van der Waals surface area contributed by atoms with Crippen molar-refractivity contribution in [1.82, 2.24) is 14.7 Å². The Morgan fingerprint density at radius 3 is 2.92 bits per heavy atom. The van der Waals surface area contributed by atoms with Gasteiger partial charge in [-0.05, 0) is 31.0 Å². The summed E-state index contributed by atoms with van der Waals surface area (Å²) in [5.41, 5.74) is 1.60. The number of β-amino-alcohol motifs (C(OH)–C–C–N with tert-alkyl or cyclic N) is 1. The molecule has 3 rings (SSSR count). The molecule has 1 aromatic heterocycles. The molecule has 1 aliphatic rings. The van der Waals surface area contributed by atoms with Crippen LogP contribution in [-0.4, -0.2) is 44.9 Å². The Balaban J connectivity index is 1.70. The smallest absolute Gasteiger partial charge is 0.239 e. The predicted octanol–water partition coefficient (Wildman–Crippen LogP) is 1.61. The molecule has 2 atom stereocenters. The third-order valence-electron chi connectivity index (χ3n) is 4.23. The van der Waals surface area contributed by atoms with Crippen LogP contribution in [0.5, 0.6) is 0 Å². The van der Waals surface area contributed by atoms with Gasteiger partial charge in [-0.3, -0.25) is 14.4 Å². The van der Waals surface area contributed by atoms with Crippen LogP contribution < -0.4 is 5.32 Å². The molecule has 0 radical (unpaired) electrons. The summed E-state index contributed by atoms with van der Waals surface area (Å²) in [5.74, 6) is 0.122. The van der Waals surface area contributed by atoms with Gasteiger partial charge in [-0.2, -0.15) is 5.10 Å². The van der Waals surface area contributed by atoms with Gasteiger partial charge in [0.25, 0.3) is 0 Å². The van der Waals surface area contributed by atoms with Crippen LogP contribution in [0.3, 0.4) is 0 Å². The number of hydrogen-bond donors (Lipinski definition) is 2. The molecule has 1 fully saturated rings. The molecule has 1 saturated heterocycles. The standard InChI is InChI=1S/C17H21FN4O2/c1-11-6-16(21(2)20-11)19-17(24)10-22-9-14(23)8-15(22)12-4-3-5-13(18)7-12/h3-7,14-15,23H,8-10H2,1-2H3,(H,19,24)/t14-,15+/m0/s1. The molecule has 0 aliphatic carbocycles. The lowest BCUT2D eigenvalue weighted by atomic mass is 10.0. The predicted molar refractivity (Wildman–Crippen MR) is 87.9 cm³/mol. The zero-order valence-corrected chi connectivity index (χ0v) is 13.7. The summed E-state index contributed by atoms with van der Waals surface area (Å²) in [6.07, 6.45) is -0.0355. The van der Waals surface area contributed by atoms with Gasteiger partial charge in [0.05, 0.1) is 18.3 Å². The van der Waals surface area contributed by atoms with Crippen molar-refractivity contribution >= 4 is 11.7 Å². The molecule has 0 saturated carbocycles. The second kappa shape index (κ2) is 6.70. The lowest BCUT2D eigenvalue weighted by Gasteiger charge is -2.23. The van der Waals surface area contributed by atoms with E-state index in [2.05, 4.69) is 10.4 Å². The maximum absolute atomic E-state index is 13.5. The van der Waals surface area contributed by atoms with Crippen molar-refractivity contribution in [2.45, 2.75) is 25.5 Å². The van der Waals surface area contributed by atoms with Crippen LogP contribution in [0.15, 0.2) is 30.3 Å². The quantitative estimate of drug-likeness (QED) is 0.892. The van der Waals surface area contributed by atoms with E-state index in [4.69, 9.17) is 0 Å². The summed E-state index contributed by atoms with van der Waals surface area (Å²) in [6.45, 7) is 2.37. The highest BCUT2D eigenvalue weighted by atomic mass is 19.1. The number of aliphatic hydroxyl groups is 1. The molecule has 1 amide bonds. The van der Waals surface area contributed by atoms with Crippen molar-refractivity contribution in [1.29, 1.82) is 0 Å². The van der Waals surface area contributed by atoms with Crippen molar-refractivity contribution in [3.8, 4) is 0 Å². The lowest BCUT2D eigenvalue weighted by molar-refractivity contribution is -0.117. The molecule has 128 valence electrons. The fourth-order valence-electron chi connectivity index (χ4n) is 3.21. The van der Waals surface area contributed by atoms with E-state index in [9.17, 15) is 14.3 Å². The van der Waals surface area contributed by atoms with E-state index < -0.39 is 6.10 Å². The highest BCUT2D eigenvalue weighted by Gasteiger charge is 2.33. The molecule has 2 N–H and O–H groups in total. The number of carbonyl (C=O) groups excluding carboxylic acids is 1. The number of amides is 1. The van der Waals surface area contributed by atoms with Crippen LogP contribution in [0.25, 0.3) is 0 Å². The molecule has 1 aliphatic heterocycles. The fraction of sp³-hybridized carbons (Fsp3) is 0.412. The minimum Gasteiger partial charge on any atom is -0.392 e. The number of aromatic nitrogens is 2. The van der Waals surface area contributed by atoms with Crippen LogP contribution in [-0.2, 0) is 11.8 Å². The second-order valence-corrected chi connectivity index (χ2v) is 6.23. The first kappa shape index (κ1) is 16.6. The molecular weight excluding hydrogens is 311 g/mol. The first-order valence-electron chi connectivity index (χ1n) is 7.90. The number of benzene rings is 1. The zero-order chi connectivity index (χ0) is 17.3. The zero-order valence-electron chi connectivity index (χ0n) is 13.7. The van der Waals surface area contributed by atoms with Gasteiger partial charge in [0.1, 0.15) is 11.6 Å². The van der Waals surface area contributed by atoms with Crippen molar-refractivity contribution < 1.29 is 14.3 Å². The maximum atomic E-state index is 13.5. The number of hydrogen-bond acceptors (Lipinski definition) is 4. The third-order valence-corrected chi connectivity index (χ3v) is 4.23. The fourth-order valence-corrected chi connectivity index (χ4v) is 3.21. The van der Waals surface area contributed by atoms with Gasteiger partial charge < -0.3 is 10.4 Å². The van der Waals surface area contributed by atoms with Crippen molar-refractivity contribution in [2.24, 2.45) is 7.05 Å². The minimum atomic E-state index is -0.523. The van der Waals surface area contributed by atoms with Gasteiger partial charge in [0.2, 0.25) is 5.91 Å². The highest BCUT2D eigenvalue weighted by Crippen LogP contribution is 2.32. The molecule has 0 spiro atoms. The number of anilines is 1. The Morgan fingerprint density at radius 1 is 1.46 bits per heavy atom. The van der Waals surface area contributed by atoms with Crippen molar-refractivity contribution in [3.63, 3.8) is 0 Å². The summed E-state index contributed by atoms with van der Waals surface area (Å²) >= 11 is 0. The van der Waals surface area contributed by atoms with Gasteiger partial charge in [-0.15, -0.1) is 0 Å². The number of likely N-dealkylation sites (tertiary alicyclic amines) is 1. The largest absolute Gasteiger partial charge is 0.392 e. The molecule has 7 heteroatoms. The molecule has 0 bridgehead atoms. The van der Waals surface area contributed by atoms with E-state index in [1.54, 1.807) is 23.9 Å². The molecule has 1 aromatic carbocycles. The van der Waals surface area contributed by atoms with E-state index in [0.29, 0.717) is 18.8 Å². The van der Waals surface area contributed by atoms with Crippen LogP contribution >= 0.6 is 0 Å². The van der Waals surface area contributed by atoms with E-state index in [-0.39, 0.29) is 24.3 Å². The number of halogens is 1. The Labute approximate surface area is 139 Å². The monoisotopic (exact) mass is 332 g/mol. The summed E-state index contributed by atoms with van der Waals surface area (Å²) in [4.78, 5) is 14.2. The molecule has 24 heavy (non-hydrogen) atoms. The topological polar surface area (TPSA) is 70.4 Å².